The van der Waals surface area contributed by atoms with E-state index in [0.717, 1.165) is 0 Å². The molecule has 0 heterocycles. The Morgan fingerprint density at radius 1 is 1.50 bits per heavy atom. The Morgan fingerprint density at radius 2 is 2.07 bits per heavy atom. The quantitative estimate of drug-likeness (QED) is 0.655. The first-order valence-corrected chi connectivity index (χ1v) is 4.61. The molecule has 0 aliphatic heterocycles. The number of carbonyl (C=O) groups is 2. The van der Waals surface area contributed by atoms with Crippen molar-refractivity contribution in [1.82, 2.24) is 4.90 Å². The predicted octanol–water partition coefficient (Wildman–Crippen LogP) is 1.27. The van der Waals surface area contributed by atoms with Crippen molar-refractivity contribution in [2.24, 2.45) is 0 Å². The van der Waals surface area contributed by atoms with E-state index in [-0.39, 0.29) is 31.3 Å². The zero-order chi connectivity index (χ0) is 11.1. The van der Waals surface area contributed by atoms with Crippen LogP contribution < -0.4 is 0 Å². The number of carboxylic acids is 1. The van der Waals surface area contributed by atoms with Crippen LogP contribution >= 0.6 is 0 Å². The van der Waals surface area contributed by atoms with Gasteiger partial charge in [0.05, 0.1) is 6.42 Å². The number of hydrogen-bond acceptors (Lipinski definition) is 2. The predicted molar refractivity (Wildman–Crippen MR) is 53.9 cm³/mol. The summed E-state index contributed by atoms with van der Waals surface area (Å²) in [6.07, 6.45) is 1.78. The fourth-order valence-corrected chi connectivity index (χ4v) is 1.13. The molecule has 0 fully saturated rings. The Morgan fingerprint density at radius 3 is 2.43 bits per heavy atom. The lowest BCUT2D eigenvalue weighted by molar-refractivity contribution is -0.138. The second-order valence-electron chi connectivity index (χ2n) is 3.32. The van der Waals surface area contributed by atoms with Crippen LogP contribution in [0.3, 0.4) is 0 Å². The fourth-order valence-electron chi connectivity index (χ4n) is 1.13. The van der Waals surface area contributed by atoms with Crippen LogP contribution in [-0.2, 0) is 9.59 Å². The van der Waals surface area contributed by atoms with Crippen molar-refractivity contribution in [1.29, 1.82) is 0 Å². The highest BCUT2D eigenvalue weighted by Crippen LogP contribution is 2.03. The van der Waals surface area contributed by atoms with Crippen molar-refractivity contribution in [2.45, 2.75) is 32.7 Å². The molecule has 1 N–H and O–H groups in total. The van der Waals surface area contributed by atoms with Gasteiger partial charge in [-0.3, -0.25) is 9.59 Å². The van der Waals surface area contributed by atoms with Gasteiger partial charge in [0.1, 0.15) is 0 Å². The minimum absolute atomic E-state index is 0.0128. The second kappa shape index (κ2) is 6.18. The number of nitrogens with zero attached hydrogens (tertiary/aromatic N) is 1. The topological polar surface area (TPSA) is 57.6 Å². The highest BCUT2D eigenvalue weighted by Gasteiger charge is 2.16. The first kappa shape index (κ1) is 12.7. The summed E-state index contributed by atoms with van der Waals surface area (Å²) in [5.74, 6) is -0.960. The molecule has 0 aromatic heterocycles. The second-order valence-corrected chi connectivity index (χ2v) is 3.32. The van der Waals surface area contributed by atoms with Gasteiger partial charge in [-0.1, -0.05) is 6.08 Å². The zero-order valence-corrected chi connectivity index (χ0v) is 8.69. The molecule has 0 aliphatic carbocycles. The maximum Gasteiger partial charge on any atom is 0.305 e. The summed E-state index contributed by atoms with van der Waals surface area (Å²) in [6.45, 7) is 7.47. The first-order chi connectivity index (χ1) is 6.49. The van der Waals surface area contributed by atoms with Gasteiger partial charge in [-0.05, 0) is 13.8 Å². The third-order valence-corrected chi connectivity index (χ3v) is 1.83. The van der Waals surface area contributed by atoms with E-state index in [4.69, 9.17) is 5.11 Å². The maximum atomic E-state index is 11.5. The molecule has 0 saturated heterocycles. The van der Waals surface area contributed by atoms with Crippen molar-refractivity contribution in [3.8, 4) is 0 Å². The van der Waals surface area contributed by atoms with Crippen LogP contribution in [0.5, 0.6) is 0 Å². The van der Waals surface area contributed by atoms with E-state index in [1.165, 1.54) is 6.08 Å². The molecule has 4 heteroatoms. The standard InChI is InChI=1S/C10H17NO3/c1-4-5-9(12)11(8(2)3)7-6-10(13)14/h4,8H,1,5-7H2,2-3H3,(H,13,14). The average Bonchev–Trinajstić information content (AvgIpc) is 2.03. The molecule has 0 aromatic carbocycles. The summed E-state index contributed by atoms with van der Waals surface area (Å²) in [5, 5.41) is 8.50. The lowest BCUT2D eigenvalue weighted by Gasteiger charge is -2.25. The lowest BCUT2D eigenvalue weighted by atomic mass is 10.2. The monoisotopic (exact) mass is 199 g/mol. The van der Waals surface area contributed by atoms with Crippen molar-refractivity contribution in [2.75, 3.05) is 6.54 Å². The van der Waals surface area contributed by atoms with E-state index in [0.29, 0.717) is 0 Å². The molecule has 0 radical (unpaired) electrons. The van der Waals surface area contributed by atoms with E-state index in [1.54, 1.807) is 4.90 Å². The average molecular weight is 199 g/mol. The largest absolute Gasteiger partial charge is 0.481 e. The van der Waals surface area contributed by atoms with Gasteiger partial charge in [0.15, 0.2) is 0 Å². The molecule has 0 bridgehead atoms. The van der Waals surface area contributed by atoms with Gasteiger partial charge in [-0.25, -0.2) is 0 Å². The fraction of sp³-hybridized carbons (Fsp3) is 0.600. The van der Waals surface area contributed by atoms with E-state index in [1.807, 2.05) is 13.8 Å². The Bertz CT molecular complexity index is 223. The summed E-state index contributed by atoms with van der Waals surface area (Å²) in [4.78, 5) is 23.4. The lowest BCUT2D eigenvalue weighted by Crippen LogP contribution is -2.38. The molecule has 80 valence electrons. The van der Waals surface area contributed by atoms with Gasteiger partial charge >= 0.3 is 5.97 Å². The van der Waals surface area contributed by atoms with Crippen molar-refractivity contribution in [3.63, 3.8) is 0 Å². The Labute approximate surface area is 84.2 Å². The van der Waals surface area contributed by atoms with Gasteiger partial charge in [-0.15, -0.1) is 6.58 Å². The number of carboxylic acid groups (broad SMARTS) is 1. The summed E-state index contributed by atoms with van der Waals surface area (Å²) < 4.78 is 0. The van der Waals surface area contributed by atoms with Crippen LogP contribution in [0, 0.1) is 0 Å². The molecule has 0 rings (SSSR count). The zero-order valence-electron chi connectivity index (χ0n) is 8.69. The first-order valence-electron chi connectivity index (χ1n) is 4.61. The smallest absolute Gasteiger partial charge is 0.305 e. The van der Waals surface area contributed by atoms with Crippen LogP contribution in [0.1, 0.15) is 26.7 Å². The Balaban J connectivity index is 4.21. The van der Waals surface area contributed by atoms with E-state index >= 15 is 0 Å². The van der Waals surface area contributed by atoms with E-state index in [9.17, 15) is 9.59 Å². The number of carbonyl (C=O) groups excluding carboxylic acids is 1. The molecule has 0 aliphatic rings. The highest BCUT2D eigenvalue weighted by atomic mass is 16.4. The Kier molecular flexibility index (Phi) is 5.60. The summed E-state index contributed by atoms with van der Waals surface area (Å²) >= 11 is 0. The molecule has 0 saturated carbocycles. The number of amides is 1. The van der Waals surface area contributed by atoms with Gasteiger partial charge in [0.2, 0.25) is 5.91 Å². The van der Waals surface area contributed by atoms with Crippen LogP contribution in [-0.4, -0.2) is 34.5 Å². The maximum absolute atomic E-state index is 11.5. The number of rotatable bonds is 6. The van der Waals surface area contributed by atoms with Crippen molar-refractivity contribution in [3.05, 3.63) is 12.7 Å². The molecule has 4 nitrogen and oxygen atoms in total. The van der Waals surface area contributed by atoms with Crippen molar-refractivity contribution < 1.29 is 14.7 Å². The molecule has 0 spiro atoms. The summed E-state index contributed by atoms with van der Waals surface area (Å²) in [5.41, 5.74) is 0. The van der Waals surface area contributed by atoms with E-state index < -0.39 is 5.97 Å². The normalized spacial score (nSPS) is 9.93. The van der Waals surface area contributed by atoms with Gasteiger partial charge in [0.25, 0.3) is 0 Å². The van der Waals surface area contributed by atoms with Crippen LogP contribution in [0.4, 0.5) is 0 Å². The van der Waals surface area contributed by atoms with E-state index in [2.05, 4.69) is 6.58 Å². The van der Waals surface area contributed by atoms with Crippen LogP contribution in [0.2, 0.25) is 0 Å². The SMILES string of the molecule is C=CCC(=O)N(CCC(=O)O)C(C)C. The van der Waals surface area contributed by atoms with Gasteiger partial charge < -0.3 is 10.0 Å². The van der Waals surface area contributed by atoms with Gasteiger partial charge in [0, 0.05) is 19.0 Å². The molecule has 14 heavy (non-hydrogen) atoms. The van der Waals surface area contributed by atoms with Crippen LogP contribution in [0.15, 0.2) is 12.7 Å². The molecular formula is C10H17NO3. The van der Waals surface area contributed by atoms with Crippen LogP contribution in [0.25, 0.3) is 0 Å². The minimum atomic E-state index is -0.887. The summed E-state index contributed by atoms with van der Waals surface area (Å²) in [6, 6.07) is 0.0294. The van der Waals surface area contributed by atoms with Crippen molar-refractivity contribution >= 4 is 11.9 Å². The minimum Gasteiger partial charge on any atom is -0.481 e. The molecular weight excluding hydrogens is 182 g/mol. The molecule has 0 unspecified atom stereocenters. The summed E-state index contributed by atoms with van der Waals surface area (Å²) in [7, 11) is 0. The number of hydrogen-bond donors (Lipinski definition) is 1. The molecule has 0 atom stereocenters. The third-order valence-electron chi connectivity index (χ3n) is 1.83. The van der Waals surface area contributed by atoms with Gasteiger partial charge in [-0.2, -0.15) is 0 Å². The Hall–Kier alpha value is -1.32. The number of aliphatic carboxylic acids is 1. The highest BCUT2D eigenvalue weighted by molar-refractivity contribution is 5.78. The molecule has 0 aromatic rings. The molecule has 1 amide bonds. The third kappa shape index (κ3) is 4.64.